The zero-order chi connectivity index (χ0) is 14.5. The highest BCUT2D eigenvalue weighted by molar-refractivity contribution is 6.30. The van der Waals surface area contributed by atoms with Gasteiger partial charge in [-0.1, -0.05) is 18.5 Å². The van der Waals surface area contributed by atoms with Crippen LogP contribution in [0.5, 0.6) is 0 Å². The van der Waals surface area contributed by atoms with Crippen LogP contribution in [-0.4, -0.2) is 42.5 Å². The fourth-order valence-electron chi connectivity index (χ4n) is 2.18. The molecule has 0 radical (unpaired) electrons. The van der Waals surface area contributed by atoms with Crippen molar-refractivity contribution >= 4 is 29.2 Å². The van der Waals surface area contributed by atoms with E-state index in [-0.39, 0.29) is 18.3 Å². The molecule has 1 amide bonds. The van der Waals surface area contributed by atoms with E-state index in [1.54, 1.807) is 24.3 Å². The number of rotatable bonds is 4. The summed E-state index contributed by atoms with van der Waals surface area (Å²) in [6, 6.07) is 6.34. The molecule has 0 unspecified atom stereocenters. The number of halogens is 1. The number of carbonyl (C=O) groups excluding carboxylic acids is 2. The van der Waals surface area contributed by atoms with Crippen LogP contribution in [0.3, 0.4) is 0 Å². The summed E-state index contributed by atoms with van der Waals surface area (Å²) >= 11 is 5.78. The SMILES string of the molecule is CCN1CCOC(=O)[C@H]1CC(=O)Nc1ccc(Cl)cc1. The first kappa shape index (κ1) is 14.8. The molecule has 1 N–H and O–H groups in total. The van der Waals surface area contributed by atoms with Crippen LogP contribution in [0.1, 0.15) is 13.3 Å². The van der Waals surface area contributed by atoms with Gasteiger partial charge in [0, 0.05) is 17.3 Å². The monoisotopic (exact) mass is 296 g/mol. The van der Waals surface area contributed by atoms with Gasteiger partial charge < -0.3 is 10.1 Å². The van der Waals surface area contributed by atoms with Crippen molar-refractivity contribution in [2.45, 2.75) is 19.4 Å². The maximum Gasteiger partial charge on any atom is 0.323 e. The van der Waals surface area contributed by atoms with Crippen molar-refractivity contribution in [1.29, 1.82) is 0 Å². The first-order valence-electron chi connectivity index (χ1n) is 6.56. The maximum absolute atomic E-state index is 12.0. The van der Waals surface area contributed by atoms with Crippen LogP contribution < -0.4 is 5.32 Å². The number of esters is 1. The second-order valence-corrected chi connectivity index (χ2v) is 5.01. The summed E-state index contributed by atoms with van der Waals surface area (Å²) < 4.78 is 5.01. The third kappa shape index (κ3) is 3.71. The maximum atomic E-state index is 12.0. The summed E-state index contributed by atoms with van der Waals surface area (Å²) in [5.41, 5.74) is 0.659. The largest absolute Gasteiger partial charge is 0.463 e. The Labute approximate surface area is 122 Å². The Hall–Kier alpha value is -1.59. The number of carbonyl (C=O) groups is 2. The molecule has 0 aromatic heterocycles. The lowest BCUT2D eigenvalue weighted by Crippen LogP contribution is -2.50. The zero-order valence-corrected chi connectivity index (χ0v) is 12.0. The summed E-state index contributed by atoms with van der Waals surface area (Å²) in [7, 11) is 0. The number of hydrogen-bond donors (Lipinski definition) is 1. The first-order valence-corrected chi connectivity index (χ1v) is 6.94. The summed E-state index contributed by atoms with van der Waals surface area (Å²) in [6.07, 6.45) is 0.0926. The van der Waals surface area contributed by atoms with Gasteiger partial charge in [0.2, 0.25) is 5.91 Å². The summed E-state index contributed by atoms with van der Waals surface area (Å²) in [6.45, 7) is 3.74. The van der Waals surface area contributed by atoms with Gasteiger partial charge in [-0.25, -0.2) is 0 Å². The molecule has 0 saturated carbocycles. The van der Waals surface area contributed by atoms with Gasteiger partial charge in [-0.2, -0.15) is 0 Å². The van der Waals surface area contributed by atoms with Gasteiger partial charge in [0.25, 0.3) is 0 Å². The topological polar surface area (TPSA) is 58.6 Å². The van der Waals surface area contributed by atoms with Crippen LogP contribution in [0, 0.1) is 0 Å². The first-order chi connectivity index (χ1) is 9.60. The zero-order valence-electron chi connectivity index (χ0n) is 11.3. The number of likely N-dealkylation sites (N-methyl/N-ethyl adjacent to an activating group) is 1. The molecule has 5 nitrogen and oxygen atoms in total. The van der Waals surface area contributed by atoms with Crippen molar-refractivity contribution < 1.29 is 14.3 Å². The predicted octanol–water partition coefficient (Wildman–Crippen LogP) is 1.92. The second kappa shape index (κ2) is 6.72. The van der Waals surface area contributed by atoms with Crippen LogP contribution in [0.15, 0.2) is 24.3 Å². The molecular weight excluding hydrogens is 280 g/mol. The molecule has 1 aliphatic rings. The standard InChI is InChI=1S/C14H17ClN2O3/c1-2-17-7-8-20-14(19)12(17)9-13(18)16-11-5-3-10(15)4-6-11/h3-6,12H,2,7-9H2,1H3,(H,16,18)/t12-/m1/s1. The molecule has 1 aromatic rings. The highest BCUT2D eigenvalue weighted by Crippen LogP contribution is 2.16. The van der Waals surface area contributed by atoms with Gasteiger partial charge in [-0.05, 0) is 30.8 Å². The van der Waals surface area contributed by atoms with Gasteiger partial charge in [0.1, 0.15) is 12.6 Å². The Morgan fingerprint density at radius 1 is 1.45 bits per heavy atom. The fourth-order valence-corrected chi connectivity index (χ4v) is 2.30. The van der Waals surface area contributed by atoms with Crippen molar-refractivity contribution in [3.63, 3.8) is 0 Å². The quantitative estimate of drug-likeness (QED) is 0.863. The summed E-state index contributed by atoms with van der Waals surface area (Å²) in [5.74, 6) is -0.543. The third-order valence-electron chi connectivity index (χ3n) is 3.25. The van der Waals surface area contributed by atoms with E-state index in [4.69, 9.17) is 16.3 Å². The number of nitrogens with one attached hydrogen (secondary N) is 1. The van der Waals surface area contributed by atoms with Crippen LogP contribution in [0.25, 0.3) is 0 Å². The highest BCUT2D eigenvalue weighted by atomic mass is 35.5. The molecule has 20 heavy (non-hydrogen) atoms. The van der Waals surface area contributed by atoms with E-state index in [0.29, 0.717) is 30.4 Å². The number of anilines is 1. The average Bonchev–Trinajstić information content (AvgIpc) is 2.43. The lowest BCUT2D eigenvalue weighted by molar-refractivity contribution is -0.158. The van der Waals surface area contributed by atoms with E-state index in [2.05, 4.69) is 5.32 Å². The number of morpholine rings is 1. The Morgan fingerprint density at radius 3 is 2.80 bits per heavy atom. The van der Waals surface area contributed by atoms with E-state index in [1.807, 2.05) is 11.8 Å². The Balaban J connectivity index is 1.95. The number of ether oxygens (including phenoxy) is 1. The van der Waals surface area contributed by atoms with E-state index in [1.165, 1.54) is 0 Å². The minimum absolute atomic E-state index is 0.0926. The number of hydrogen-bond acceptors (Lipinski definition) is 4. The Bertz CT molecular complexity index is 490. The molecule has 1 aromatic carbocycles. The summed E-state index contributed by atoms with van der Waals surface area (Å²) in [4.78, 5) is 25.7. The van der Waals surface area contributed by atoms with Gasteiger partial charge in [-0.15, -0.1) is 0 Å². The second-order valence-electron chi connectivity index (χ2n) is 4.57. The molecule has 1 fully saturated rings. The molecule has 6 heteroatoms. The van der Waals surface area contributed by atoms with Crippen molar-refractivity contribution in [3.05, 3.63) is 29.3 Å². The molecule has 0 bridgehead atoms. The van der Waals surface area contributed by atoms with E-state index in [0.717, 1.165) is 0 Å². The van der Waals surface area contributed by atoms with Gasteiger partial charge >= 0.3 is 5.97 Å². The molecule has 1 heterocycles. The smallest absolute Gasteiger partial charge is 0.323 e. The minimum atomic E-state index is -0.499. The molecule has 0 spiro atoms. The van der Waals surface area contributed by atoms with Crippen LogP contribution in [-0.2, 0) is 14.3 Å². The Morgan fingerprint density at radius 2 is 2.15 bits per heavy atom. The predicted molar refractivity (Wildman–Crippen MR) is 76.7 cm³/mol. The van der Waals surface area contributed by atoms with Crippen LogP contribution >= 0.6 is 11.6 Å². The molecule has 1 atom stereocenters. The van der Waals surface area contributed by atoms with Crippen molar-refractivity contribution in [2.75, 3.05) is 25.0 Å². The molecule has 1 saturated heterocycles. The fraction of sp³-hybridized carbons (Fsp3) is 0.429. The van der Waals surface area contributed by atoms with E-state index < -0.39 is 6.04 Å². The van der Waals surface area contributed by atoms with Gasteiger partial charge in [0.05, 0.1) is 6.42 Å². The van der Waals surface area contributed by atoms with Crippen molar-refractivity contribution in [3.8, 4) is 0 Å². The average molecular weight is 297 g/mol. The summed E-state index contributed by atoms with van der Waals surface area (Å²) in [5, 5.41) is 3.36. The van der Waals surface area contributed by atoms with Crippen molar-refractivity contribution in [1.82, 2.24) is 4.90 Å². The van der Waals surface area contributed by atoms with E-state index in [9.17, 15) is 9.59 Å². The number of amides is 1. The molecular formula is C14H17ClN2O3. The van der Waals surface area contributed by atoms with E-state index >= 15 is 0 Å². The normalized spacial score (nSPS) is 19.5. The highest BCUT2D eigenvalue weighted by Gasteiger charge is 2.32. The molecule has 108 valence electrons. The van der Waals surface area contributed by atoms with Crippen LogP contribution in [0.4, 0.5) is 5.69 Å². The minimum Gasteiger partial charge on any atom is -0.463 e. The number of cyclic esters (lactones) is 1. The lowest BCUT2D eigenvalue weighted by atomic mass is 10.1. The number of nitrogens with zero attached hydrogens (tertiary/aromatic N) is 1. The molecule has 1 aliphatic heterocycles. The van der Waals surface area contributed by atoms with Crippen LogP contribution in [0.2, 0.25) is 5.02 Å². The molecule has 0 aliphatic carbocycles. The Kier molecular flexibility index (Phi) is 4.98. The van der Waals surface area contributed by atoms with Gasteiger partial charge in [-0.3, -0.25) is 14.5 Å². The van der Waals surface area contributed by atoms with Gasteiger partial charge in [0.15, 0.2) is 0 Å². The lowest BCUT2D eigenvalue weighted by Gasteiger charge is -2.32. The van der Waals surface area contributed by atoms with Crippen molar-refractivity contribution in [2.24, 2.45) is 0 Å². The third-order valence-corrected chi connectivity index (χ3v) is 3.50. The number of benzene rings is 1. The molecule has 2 rings (SSSR count).